The van der Waals surface area contributed by atoms with Crippen LogP contribution < -0.4 is 5.32 Å². The maximum atomic E-state index is 12.9. The number of amides is 1. The molecule has 1 unspecified atom stereocenters. The summed E-state index contributed by atoms with van der Waals surface area (Å²) in [6.07, 6.45) is 1.77. The first-order valence-electron chi connectivity index (χ1n) is 7.71. The van der Waals surface area contributed by atoms with E-state index < -0.39 is 0 Å². The summed E-state index contributed by atoms with van der Waals surface area (Å²) < 4.78 is 2.04. The van der Waals surface area contributed by atoms with Gasteiger partial charge in [-0.25, -0.2) is 4.98 Å². The topological polar surface area (TPSA) is 50.2 Å². The second-order valence-corrected chi connectivity index (χ2v) is 5.86. The number of halogens is 2. The molecule has 24 heavy (non-hydrogen) atoms. The fraction of sp³-hybridized carbons (Fsp3) is 0.412. The Bertz CT molecular complexity index is 687. The third-order valence-corrected chi connectivity index (χ3v) is 4.30. The standard InChI is InChI=1S/C17H22N4O.2ClH/c1-12-10-15(17(22)20-9-8-18-11-13(20)2)14(3)21(12)16-6-4-5-7-19-16;;/h4-7,10,13,18H,8-9,11H2,1-3H3;2*1H. The van der Waals surface area contributed by atoms with Crippen molar-refractivity contribution in [3.05, 3.63) is 47.4 Å². The molecule has 0 saturated carbocycles. The number of pyridine rings is 1. The van der Waals surface area contributed by atoms with E-state index in [4.69, 9.17) is 0 Å². The van der Waals surface area contributed by atoms with Crippen LogP contribution in [0.3, 0.4) is 0 Å². The van der Waals surface area contributed by atoms with Gasteiger partial charge in [-0.1, -0.05) is 6.07 Å². The third-order valence-electron chi connectivity index (χ3n) is 4.30. The molecule has 2 aromatic rings. The summed E-state index contributed by atoms with van der Waals surface area (Å²) in [5.41, 5.74) is 2.76. The first-order chi connectivity index (χ1) is 10.6. The van der Waals surface area contributed by atoms with Gasteiger partial charge >= 0.3 is 0 Å². The molecule has 0 aromatic carbocycles. The molecule has 2 aromatic heterocycles. The summed E-state index contributed by atoms with van der Waals surface area (Å²) in [5.74, 6) is 0.967. The lowest BCUT2D eigenvalue weighted by molar-refractivity contribution is 0.0655. The van der Waals surface area contributed by atoms with Crippen molar-refractivity contribution in [2.45, 2.75) is 26.8 Å². The zero-order chi connectivity index (χ0) is 15.7. The van der Waals surface area contributed by atoms with E-state index in [1.54, 1.807) is 6.20 Å². The van der Waals surface area contributed by atoms with Gasteiger partial charge in [0.05, 0.1) is 5.56 Å². The molecule has 0 spiro atoms. The molecule has 1 atom stereocenters. The quantitative estimate of drug-likeness (QED) is 0.883. The molecule has 0 radical (unpaired) electrons. The number of nitrogens with zero attached hydrogens (tertiary/aromatic N) is 3. The second-order valence-electron chi connectivity index (χ2n) is 5.86. The van der Waals surface area contributed by atoms with Gasteiger partial charge in [0.25, 0.3) is 5.91 Å². The molecule has 5 nitrogen and oxygen atoms in total. The highest BCUT2D eigenvalue weighted by atomic mass is 35.5. The number of rotatable bonds is 2. The van der Waals surface area contributed by atoms with Crippen LogP contribution in [0.1, 0.15) is 28.7 Å². The minimum absolute atomic E-state index is 0. The third kappa shape index (κ3) is 3.74. The molecule has 1 amide bonds. The normalized spacial score (nSPS) is 17.0. The van der Waals surface area contributed by atoms with E-state index in [2.05, 4.69) is 17.2 Å². The maximum absolute atomic E-state index is 12.9. The molecule has 132 valence electrons. The van der Waals surface area contributed by atoms with Crippen molar-refractivity contribution < 1.29 is 4.79 Å². The van der Waals surface area contributed by atoms with Gasteiger partial charge in [0.15, 0.2) is 0 Å². The summed E-state index contributed by atoms with van der Waals surface area (Å²) in [7, 11) is 0. The molecule has 1 fully saturated rings. The Morgan fingerprint density at radius 2 is 2.04 bits per heavy atom. The number of aromatic nitrogens is 2. The molecule has 3 rings (SSSR count). The molecule has 1 N–H and O–H groups in total. The van der Waals surface area contributed by atoms with E-state index in [1.807, 2.05) is 47.6 Å². The van der Waals surface area contributed by atoms with Crippen LogP contribution in [0.2, 0.25) is 0 Å². The highest BCUT2D eigenvalue weighted by molar-refractivity contribution is 5.96. The average molecular weight is 371 g/mol. The van der Waals surface area contributed by atoms with Gasteiger partial charge in [-0.2, -0.15) is 0 Å². The number of aryl methyl sites for hydroxylation is 1. The molecule has 0 aliphatic carbocycles. The first kappa shape index (κ1) is 20.5. The Morgan fingerprint density at radius 3 is 2.67 bits per heavy atom. The zero-order valence-electron chi connectivity index (χ0n) is 14.2. The van der Waals surface area contributed by atoms with Crippen molar-refractivity contribution in [3.63, 3.8) is 0 Å². The lowest BCUT2D eigenvalue weighted by atomic mass is 10.1. The first-order valence-corrected chi connectivity index (χ1v) is 7.71. The monoisotopic (exact) mass is 370 g/mol. The molecular formula is C17H24Cl2N4O. The maximum Gasteiger partial charge on any atom is 0.256 e. The van der Waals surface area contributed by atoms with E-state index >= 15 is 0 Å². The molecule has 1 aliphatic heterocycles. The van der Waals surface area contributed by atoms with E-state index in [0.717, 1.165) is 42.4 Å². The van der Waals surface area contributed by atoms with Crippen LogP contribution in [0, 0.1) is 13.8 Å². The van der Waals surface area contributed by atoms with Crippen LogP contribution in [-0.4, -0.2) is 46.0 Å². The van der Waals surface area contributed by atoms with E-state index in [-0.39, 0.29) is 36.8 Å². The van der Waals surface area contributed by atoms with Gasteiger partial charge in [-0.05, 0) is 39.0 Å². The average Bonchev–Trinajstić information content (AvgIpc) is 2.83. The Labute approximate surface area is 155 Å². The summed E-state index contributed by atoms with van der Waals surface area (Å²) >= 11 is 0. The van der Waals surface area contributed by atoms with Crippen molar-refractivity contribution in [2.75, 3.05) is 19.6 Å². The fourth-order valence-corrected chi connectivity index (χ4v) is 3.12. The SMILES string of the molecule is Cc1cc(C(=O)N2CCNCC2C)c(C)n1-c1ccccn1.Cl.Cl. The lowest BCUT2D eigenvalue weighted by Gasteiger charge is -2.34. The van der Waals surface area contributed by atoms with Gasteiger partial charge in [0, 0.05) is 43.3 Å². The van der Waals surface area contributed by atoms with Crippen molar-refractivity contribution in [1.82, 2.24) is 19.8 Å². The van der Waals surface area contributed by atoms with Gasteiger partial charge in [-0.3, -0.25) is 4.79 Å². The minimum atomic E-state index is 0. The highest BCUT2D eigenvalue weighted by Gasteiger charge is 2.27. The molecular weight excluding hydrogens is 347 g/mol. The number of hydrogen-bond donors (Lipinski definition) is 1. The number of carbonyl (C=O) groups is 1. The van der Waals surface area contributed by atoms with Crippen LogP contribution in [0.25, 0.3) is 5.82 Å². The van der Waals surface area contributed by atoms with Crippen LogP contribution in [0.15, 0.2) is 30.5 Å². The Kier molecular flexibility index (Phi) is 7.27. The Hall–Kier alpha value is -1.56. The van der Waals surface area contributed by atoms with Crippen LogP contribution in [-0.2, 0) is 0 Å². The summed E-state index contributed by atoms with van der Waals surface area (Å²) in [6, 6.07) is 8.01. The van der Waals surface area contributed by atoms with Crippen LogP contribution >= 0.6 is 24.8 Å². The number of hydrogen-bond acceptors (Lipinski definition) is 3. The van der Waals surface area contributed by atoms with Crippen molar-refractivity contribution in [1.29, 1.82) is 0 Å². The van der Waals surface area contributed by atoms with Gasteiger partial charge in [0.2, 0.25) is 0 Å². The Balaban J connectivity index is 0.00000144. The summed E-state index contributed by atoms with van der Waals surface area (Å²) in [4.78, 5) is 19.3. The van der Waals surface area contributed by atoms with E-state index in [1.165, 1.54) is 0 Å². The van der Waals surface area contributed by atoms with E-state index in [9.17, 15) is 4.79 Å². The van der Waals surface area contributed by atoms with Crippen molar-refractivity contribution in [2.24, 2.45) is 0 Å². The predicted molar refractivity (Wildman–Crippen MR) is 101 cm³/mol. The lowest BCUT2D eigenvalue weighted by Crippen LogP contribution is -2.52. The molecule has 7 heteroatoms. The van der Waals surface area contributed by atoms with E-state index in [0.29, 0.717) is 0 Å². The van der Waals surface area contributed by atoms with Gasteiger partial charge < -0.3 is 14.8 Å². The molecule has 3 heterocycles. The summed E-state index contributed by atoms with van der Waals surface area (Å²) in [5, 5.41) is 3.32. The van der Waals surface area contributed by atoms with Gasteiger partial charge in [0.1, 0.15) is 5.82 Å². The van der Waals surface area contributed by atoms with Gasteiger partial charge in [-0.15, -0.1) is 24.8 Å². The Morgan fingerprint density at radius 1 is 1.29 bits per heavy atom. The molecule has 1 aliphatic rings. The van der Waals surface area contributed by atoms with Crippen LogP contribution in [0.4, 0.5) is 0 Å². The minimum Gasteiger partial charge on any atom is -0.333 e. The van der Waals surface area contributed by atoms with Crippen LogP contribution in [0.5, 0.6) is 0 Å². The summed E-state index contributed by atoms with van der Waals surface area (Å²) in [6.45, 7) is 8.55. The second kappa shape index (κ2) is 8.51. The van der Waals surface area contributed by atoms with Crippen molar-refractivity contribution in [3.8, 4) is 5.82 Å². The molecule has 0 bridgehead atoms. The zero-order valence-corrected chi connectivity index (χ0v) is 15.8. The largest absolute Gasteiger partial charge is 0.333 e. The smallest absolute Gasteiger partial charge is 0.256 e. The fourth-order valence-electron chi connectivity index (χ4n) is 3.12. The predicted octanol–water partition coefficient (Wildman–Crippen LogP) is 2.77. The number of piperazine rings is 1. The highest BCUT2D eigenvalue weighted by Crippen LogP contribution is 2.22. The molecule has 1 saturated heterocycles. The number of carbonyl (C=O) groups excluding carboxylic acids is 1. The number of nitrogens with one attached hydrogen (secondary N) is 1. The van der Waals surface area contributed by atoms with Crippen molar-refractivity contribution >= 4 is 30.7 Å².